The van der Waals surface area contributed by atoms with Crippen molar-refractivity contribution >= 4 is 39.7 Å². The third kappa shape index (κ3) is 3.15. The molecule has 0 aliphatic heterocycles. The summed E-state index contributed by atoms with van der Waals surface area (Å²) in [4.78, 5) is 10.9. The van der Waals surface area contributed by atoms with Crippen LogP contribution >= 0.6 is 0 Å². The number of hydrazone groups is 1. The van der Waals surface area contributed by atoms with Crippen LogP contribution in [0, 0.1) is 0 Å². The number of benzene rings is 3. The number of carbonyl (C=O) groups is 1. The van der Waals surface area contributed by atoms with Gasteiger partial charge < -0.3 is 9.67 Å². The molecule has 0 amide bonds. The zero-order chi connectivity index (χ0) is 18.8. The molecule has 0 aliphatic carbocycles. The second kappa shape index (κ2) is 6.96. The number of aromatic nitrogens is 1. The highest BCUT2D eigenvalue weighted by Crippen LogP contribution is 2.29. The largest absolute Gasteiger partial charge is 0.478 e. The highest BCUT2D eigenvalue weighted by molar-refractivity contribution is 6.09. The first-order chi connectivity index (χ1) is 13.2. The molecule has 0 spiro atoms. The number of carboxylic acids is 1. The second-order valence-electron chi connectivity index (χ2n) is 6.29. The van der Waals surface area contributed by atoms with E-state index in [4.69, 9.17) is 5.11 Å². The van der Waals surface area contributed by atoms with Crippen LogP contribution in [-0.2, 0) is 6.54 Å². The molecule has 0 fully saturated rings. The summed E-state index contributed by atoms with van der Waals surface area (Å²) in [6.07, 6.45) is 1.77. The molecule has 1 aromatic heterocycles. The van der Waals surface area contributed by atoms with Gasteiger partial charge in [-0.25, -0.2) is 4.79 Å². The Hall–Kier alpha value is -3.60. The van der Waals surface area contributed by atoms with Gasteiger partial charge in [-0.2, -0.15) is 5.10 Å². The summed E-state index contributed by atoms with van der Waals surface area (Å²) in [5, 5.41) is 15.6. The number of nitrogens with zero attached hydrogens (tertiary/aromatic N) is 2. The summed E-state index contributed by atoms with van der Waals surface area (Å²) in [6.45, 7) is 3.08. The van der Waals surface area contributed by atoms with Crippen LogP contribution in [0.2, 0.25) is 0 Å². The van der Waals surface area contributed by atoms with Crippen molar-refractivity contribution in [2.45, 2.75) is 13.5 Å². The summed E-state index contributed by atoms with van der Waals surface area (Å²) in [5.41, 5.74) is 7.37. The molecule has 0 radical (unpaired) electrons. The molecule has 5 heteroatoms. The van der Waals surface area contributed by atoms with E-state index in [9.17, 15) is 4.79 Å². The van der Waals surface area contributed by atoms with Gasteiger partial charge in [0.1, 0.15) is 0 Å². The van der Waals surface area contributed by atoms with E-state index in [-0.39, 0.29) is 5.56 Å². The van der Waals surface area contributed by atoms with Gasteiger partial charge in [0, 0.05) is 28.4 Å². The maximum atomic E-state index is 10.9. The van der Waals surface area contributed by atoms with E-state index in [1.54, 1.807) is 30.5 Å². The van der Waals surface area contributed by atoms with E-state index in [1.165, 1.54) is 21.8 Å². The maximum Gasteiger partial charge on any atom is 0.335 e. The number of nitrogens with one attached hydrogen (secondary N) is 1. The Morgan fingerprint density at radius 2 is 1.78 bits per heavy atom. The molecular weight excluding hydrogens is 338 g/mol. The Balaban J connectivity index is 1.61. The molecule has 0 unspecified atom stereocenters. The molecule has 2 N–H and O–H groups in total. The predicted octanol–water partition coefficient (Wildman–Crippen LogP) is 4.96. The highest BCUT2D eigenvalue weighted by atomic mass is 16.4. The molecule has 0 aliphatic rings. The average Bonchev–Trinajstić information content (AvgIpc) is 3.01. The predicted molar refractivity (Wildman–Crippen MR) is 110 cm³/mol. The molecule has 0 bridgehead atoms. The van der Waals surface area contributed by atoms with Gasteiger partial charge in [0.25, 0.3) is 0 Å². The maximum absolute atomic E-state index is 10.9. The molecule has 0 atom stereocenters. The number of carboxylic acid groups (broad SMARTS) is 1. The minimum atomic E-state index is -0.940. The Bertz CT molecular complexity index is 1160. The van der Waals surface area contributed by atoms with Crippen LogP contribution in [0.15, 0.2) is 71.8 Å². The van der Waals surface area contributed by atoms with Crippen LogP contribution in [0.3, 0.4) is 0 Å². The van der Waals surface area contributed by atoms with Crippen molar-refractivity contribution in [2.75, 3.05) is 5.43 Å². The fraction of sp³-hybridized carbons (Fsp3) is 0.0909. The van der Waals surface area contributed by atoms with Crippen molar-refractivity contribution in [3.8, 4) is 0 Å². The SMILES string of the molecule is CCn1c2ccccc2c2cc(/C=N/Nc3ccc(C(=O)O)cc3)ccc21. The topological polar surface area (TPSA) is 66.6 Å². The molecule has 5 nitrogen and oxygen atoms in total. The quantitative estimate of drug-likeness (QED) is 0.392. The molecule has 134 valence electrons. The van der Waals surface area contributed by atoms with E-state index >= 15 is 0 Å². The number of hydrogen-bond donors (Lipinski definition) is 2. The van der Waals surface area contributed by atoms with E-state index < -0.39 is 5.97 Å². The minimum absolute atomic E-state index is 0.252. The van der Waals surface area contributed by atoms with Crippen LogP contribution in [0.1, 0.15) is 22.8 Å². The monoisotopic (exact) mass is 357 g/mol. The average molecular weight is 357 g/mol. The molecule has 27 heavy (non-hydrogen) atoms. The van der Waals surface area contributed by atoms with E-state index in [1.807, 2.05) is 6.07 Å². The van der Waals surface area contributed by atoms with Gasteiger partial charge in [-0.3, -0.25) is 5.43 Å². The lowest BCUT2D eigenvalue weighted by Crippen LogP contribution is -1.96. The zero-order valence-electron chi connectivity index (χ0n) is 14.9. The Labute approximate surface area is 156 Å². The van der Waals surface area contributed by atoms with Crippen LogP contribution < -0.4 is 5.43 Å². The normalized spacial score (nSPS) is 11.4. The van der Waals surface area contributed by atoms with Gasteiger partial charge in [-0.05, 0) is 55.0 Å². The van der Waals surface area contributed by atoms with Gasteiger partial charge >= 0.3 is 5.97 Å². The highest BCUT2D eigenvalue weighted by Gasteiger charge is 2.09. The van der Waals surface area contributed by atoms with Crippen molar-refractivity contribution in [3.63, 3.8) is 0 Å². The van der Waals surface area contributed by atoms with E-state index in [0.717, 1.165) is 17.8 Å². The van der Waals surface area contributed by atoms with Crippen molar-refractivity contribution in [1.82, 2.24) is 4.57 Å². The van der Waals surface area contributed by atoms with Gasteiger partial charge in [0.2, 0.25) is 0 Å². The first-order valence-electron chi connectivity index (χ1n) is 8.81. The van der Waals surface area contributed by atoms with Crippen LogP contribution in [0.4, 0.5) is 5.69 Å². The number of para-hydroxylation sites is 1. The lowest BCUT2D eigenvalue weighted by molar-refractivity contribution is 0.0697. The van der Waals surface area contributed by atoms with Crippen molar-refractivity contribution in [1.29, 1.82) is 0 Å². The molecule has 4 rings (SSSR count). The smallest absolute Gasteiger partial charge is 0.335 e. The summed E-state index contributed by atoms with van der Waals surface area (Å²) in [5.74, 6) is -0.940. The number of fused-ring (bicyclic) bond motifs is 3. The zero-order valence-corrected chi connectivity index (χ0v) is 14.9. The summed E-state index contributed by atoms with van der Waals surface area (Å²) >= 11 is 0. The number of aromatic carboxylic acids is 1. The lowest BCUT2D eigenvalue weighted by atomic mass is 10.1. The van der Waals surface area contributed by atoms with Crippen LogP contribution in [0.5, 0.6) is 0 Å². The van der Waals surface area contributed by atoms with Crippen LogP contribution in [0.25, 0.3) is 21.8 Å². The van der Waals surface area contributed by atoms with Gasteiger partial charge in [0.05, 0.1) is 17.5 Å². The van der Waals surface area contributed by atoms with Crippen LogP contribution in [-0.4, -0.2) is 21.9 Å². The molecule has 4 aromatic rings. The van der Waals surface area contributed by atoms with Gasteiger partial charge in [-0.15, -0.1) is 0 Å². The Morgan fingerprint density at radius 1 is 1.04 bits per heavy atom. The molecule has 1 heterocycles. The fourth-order valence-corrected chi connectivity index (χ4v) is 3.36. The minimum Gasteiger partial charge on any atom is -0.478 e. The molecule has 0 saturated carbocycles. The van der Waals surface area contributed by atoms with E-state index in [2.05, 4.69) is 58.4 Å². The van der Waals surface area contributed by atoms with Crippen molar-refractivity contribution < 1.29 is 9.90 Å². The van der Waals surface area contributed by atoms with Crippen molar-refractivity contribution in [3.05, 3.63) is 77.9 Å². The van der Waals surface area contributed by atoms with Crippen molar-refractivity contribution in [2.24, 2.45) is 5.10 Å². The fourth-order valence-electron chi connectivity index (χ4n) is 3.36. The third-order valence-electron chi connectivity index (χ3n) is 4.65. The summed E-state index contributed by atoms with van der Waals surface area (Å²) < 4.78 is 2.31. The van der Waals surface area contributed by atoms with Gasteiger partial charge in [-0.1, -0.05) is 24.3 Å². The number of hydrogen-bond acceptors (Lipinski definition) is 3. The Kier molecular flexibility index (Phi) is 4.34. The first-order valence-corrected chi connectivity index (χ1v) is 8.81. The molecule has 0 saturated heterocycles. The summed E-state index contributed by atoms with van der Waals surface area (Å²) in [7, 11) is 0. The number of aryl methyl sites for hydroxylation is 1. The summed E-state index contributed by atoms with van der Waals surface area (Å²) in [6, 6.07) is 21.2. The molecular formula is C22H19N3O2. The third-order valence-corrected chi connectivity index (χ3v) is 4.65. The second-order valence-corrected chi connectivity index (χ2v) is 6.29. The number of rotatable bonds is 5. The standard InChI is InChI=1S/C22H19N3O2/c1-2-25-20-6-4-3-5-18(20)19-13-15(7-12-21(19)25)14-23-24-17-10-8-16(9-11-17)22(26)27/h3-14,24H,2H2,1H3,(H,26,27)/b23-14+. The lowest BCUT2D eigenvalue weighted by Gasteiger charge is -2.03. The number of anilines is 1. The Morgan fingerprint density at radius 3 is 2.52 bits per heavy atom. The molecule has 3 aromatic carbocycles. The van der Waals surface area contributed by atoms with E-state index in [0.29, 0.717) is 0 Å². The first kappa shape index (κ1) is 16.8. The van der Waals surface area contributed by atoms with Gasteiger partial charge in [0.15, 0.2) is 0 Å².